The topological polar surface area (TPSA) is 62.3 Å². The number of ether oxygens (including phenoxy) is 2. The predicted octanol–water partition coefficient (Wildman–Crippen LogP) is 4.66. The molecule has 0 saturated carbocycles. The number of amides is 2. The average molecular weight is 460 g/mol. The second kappa shape index (κ2) is 8.79. The molecule has 0 aromatic heterocycles. The van der Waals surface area contributed by atoms with Gasteiger partial charge in [0.1, 0.15) is 11.4 Å². The summed E-state index contributed by atoms with van der Waals surface area (Å²) in [6.07, 6.45) is -0.808. The van der Waals surface area contributed by atoms with E-state index in [0.717, 1.165) is 29.4 Å². The Morgan fingerprint density at radius 1 is 1.06 bits per heavy atom. The van der Waals surface area contributed by atoms with Crippen LogP contribution in [-0.4, -0.2) is 73.2 Å². The zero-order chi connectivity index (χ0) is 23.0. The molecular weight excluding hydrogens is 430 g/mol. The van der Waals surface area contributed by atoms with Crippen molar-refractivity contribution in [2.24, 2.45) is 0 Å². The second-order valence-electron chi connectivity index (χ2n) is 9.45. The van der Waals surface area contributed by atoms with E-state index in [0.29, 0.717) is 37.0 Å². The summed E-state index contributed by atoms with van der Waals surface area (Å²) in [5.41, 5.74) is 1.05. The molecule has 0 aliphatic carbocycles. The summed E-state index contributed by atoms with van der Waals surface area (Å²) in [7, 11) is 2.04. The second-order valence-corrected chi connectivity index (χ2v) is 9.76. The van der Waals surface area contributed by atoms with E-state index in [1.807, 2.05) is 52.1 Å². The van der Waals surface area contributed by atoms with Gasteiger partial charge in [-0.3, -0.25) is 4.90 Å². The van der Waals surface area contributed by atoms with Crippen LogP contribution < -0.4 is 9.64 Å². The number of hydrogen-bond donors (Lipinski definition) is 0. The summed E-state index contributed by atoms with van der Waals surface area (Å²) in [5, 5.41) is 1.76. The molecule has 8 heteroatoms. The van der Waals surface area contributed by atoms with E-state index in [4.69, 9.17) is 21.1 Å². The number of carbonyl (C=O) groups is 2. The monoisotopic (exact) mass is 459 g/mol. The minimum absolute atomic E-state index is 0.0357. The third kappa shape index (κ3) is 4.50. The summed E-state index contributed by atoms with van der Waals surface area (Å²) in [5.74, 6) is 0.773. The van der Waals surface area contributed by atoms with Crippen LogP contribution in [0, 0.1) is 0 Å². The quantitative estimate of drug-likeness (QED) is 0.611. The number of piperazine rings is 1. The van der Waals surface area contributed by atoms with Gasteiger partial charge in [0.2, 0.25) is 0 Å². The highest BCUT2D eigenvalue weighted by Gasteiger charge is 2.37. The number of benzene rings is 2. The zero-order valence-electron chi connectivity index (χ0n) is 19.1. The van der Waals surface area contributed by atoms with Crippen LogP contribution in [0.1, 0.15) is 32.3 Å². The molecule has 2 amide bonds. The maximum Gasteiger partial charge on any atom is 0.415 e. The van der Waals surface area contributed by atoms with Gasteiger partial charge in [-0.2, -0.15) is 0 Å². The first-order valence-corrected chi connectivity index (χ1v) is 11.5. The number of likely N-dealkylation sites (N-methyl/N-ethyl adjacent to an activating group) is 1. The fourth-order valence-corrected chi connectivity index (χ4v) is 4.51. The van der Waals surface area contributed by atoms with Crippen molar-refractivity contribution in [3.8, 4) is 5.75 Å². The number of fused-ring (bicyclic) bond motifs is 3. The molecule has 4 rings (SSSR count). The molecule has 1 unspecified atom stereocenters. The van der Waals surface area contributed by atoms with Crippen LogP contribution in [0.15, 0.2) is 30.3 Å². The number of carbonyl (C=O) groups excluding carboxylic acids is 2. The van der Waals surface area contributed by atoms with Gasteiger partial charge < -0.3 is 19.3 Å². The molecule has 32 heavy (non-hydrogen) atoms. The number of rotatable bonds is 2. The molecule has 1 fully saturated rings. The Balaban J connectivity index is 1.73. The molecule has 2 aromatic carbocycles. The van der Waals surface area contributed by atoms with E-state index in [1.165, 1.54) is 0 Å². The highest BCUT2D eigenvalue weighted by atomic mass is 35.5. The predicted molar refractivity (Wildman–Crippen MR) is 126 cm³/mol. The van der Waals surface area contributed by atoms with Gasteiger partial charge in [-0.15, -0.1) is 11.6 Å². The van der Waals surface area contributed by atoms with Crippen LogP contribution in [0.25, 0.3) is 10.8 Å². The first-order valence-electron chi connectivity index (χ1n) is 11.0. The van der Waals surface area contributed by atoms with E-state index in [1.54, 1.807) is 15.9 Å². The molecule has 2 aromatic rings. The van der Waals surface area contributed by atoms with Crippen molar-refractivity contribution < 1.29 is 19.1 Å². The fourth-order valence-electron chi connectivity index (χ4n) is 4.26. The molecular formula is C24H30ClN3O4. The first-order chi connectivity index (χ1) is 15.2. The highest BCUT2D eigenvalue weighted by Crippen LogP contribution is 2.46. The van der Waals surface area contributed by atoms with Crippen LogP contribution in [0.3, 0.4) is 0 Å². The fraction of sp³-hybridized carbons (Fsp3) is 0.500. The van der Waals surface area contributed by atoms with Gasteiger partial charge in [0.25, 0.3) is 0 Å². The molecule has 1 saturated heterocycles. The lowest BCUT2D eigenvalue weighted by Gasteiger charge is -2.31. The standard InChI is InChI=1S/C24H30ClN3O4/c1-24(2,3)32-23(30)28-15-16(14-25)21-18-8-6-5-7-17(18)20(13-19(21)28)31-22(29)27-11-9-26(4)10-12-27/h5-8,13,16H,9-12,14-15H2,1-4H3. The Hall–Kier alpha value is -2.51. The molecule has 7 nitrogen and oxygen atoms in total. The lowest BCUT2D eigenvalue weighted by Crippen LogP contribution is -2.48. The van der Waals surface area contributed by atoms with Gasteiger partial charge in [0, 0.05) is 56.0 Å². The van der Waals surface area contributed by atoms with Crippen molar-refractivity contribution in [3.05, 3.63) is 35.9 Å². The van der Waals surface area contributed by atoms with Crippen molar-refractivity contribution >= 4 is 40.2 Å². The number of anilines is 1. The maximum atomic E-state index is 13.0. The first kappa shape index (κ1) is 22.7. The Labute approximate surface area is 193 Å². The molecule has 0 spiro atoms. The van der Waals surface area contributed by atoms with Crippen LogP contribution in [0.5, 0.6) is 5.75 Å². The van der Waals surface area contributed by atoms with Gasteiger partial charge in [-0.1, -0.05) is 24.3 Å². The Morgan fingerprint density at radius 3 is 2.34 bits per heavy atom. The van der Waals surface area contributed by atoms with E-state index in [-0.39, 0.29) is 12.0 Å². The van der Waals surface area contributed by atoms with Gasteiger partial charge in [-0.25, -0.2) is 9.59 Å². The molecule has 1 atom stereocenters. The smallest absolute Gasteiger partial charge is 0.415 e. The van der Waals surface area contributed by atoms with Crippen molar-refractivity contribution in [3.63, 3.8) is 0 Å². The van der Waals surface area contributed by atoms with E-state index in [2.05, 4.69) is 4.90 Å². The van der Waals surface area contributed by atoms with Crippen LogP contribution in [0.4, 0.5) is 15.3 Å². The third-order valence-corrected chi connectivity index (χ3v) is 6.26. The molecule has 2 heterocycles. The van der Waals surface area contributed by atoms with Gasteiger partial charge in [-0.05, 0) is 38.8 Å². The molecule has 172 valence electrons. The minimum Gasteiger partial charge on any atom is -0.443 e. The summed E-state index contributed by atoms with van der Waals surface area (Å²) >= 11 is 6.30. The SMILES string of the molecule is CN1CCN(C(=O)Oc2cc3c(c4ccccc24)C(CCl)CN3C(=O)OC(C)(C)C)CC1. The summed E-state index contributed by atoms with van der Waals surface area (Å²) < 4.78 is 11.5. The van der Waals surface area contributed by atoms with Gasteiger partial charge in [0.05, 0.1) is 5.69 Å². The summed E-state index contributed by atoms with van der Waals surface area (Å²) in [6, 6.07) is 9.56. The summed E-state index contributed by atoms with van der Waals surface area (Å²) in [4.78, 5) is 31.4. The molecule has 0 radical (unpaired) electrons. The molecule has 0 bridgehead atoms. The van der Waals surface area contributed by atoms with Crippen LogP contribution >= 0.6 is 11.6 Å². The number of alkyl halides is 1. The van der Waals surface area contributed by atoms with Gasteiger partial charge >= 0.3 is 12.2 Å². The average Bonchev–Trinajstić information content (AvgIpc) is 3.12. The van der Waals surface area contributed by atoms with E-state index in [9.17, 15) is 9.59 Å². The van der Waals surface area contributed by atoms with Crippen molar-refractivity contribution in [2.75, 3.05) is 50.6 Å². The van der Waals surface area contributed by atoms with Crippen LogP contribution in [-0.2, 0) is 4.74 Å². The van der Waals surface area contributed by atoms with Crippen LogP contribution in [0.2, 0.25) is 0 Å². The van der Waals surface area contributed by atoms with Crippen molar-refractivity contribution in [1.29, 1.82) is 0 Å². The molecule has 0 N–H and O–H groups in total. The summed E-state index contributed by atoms with van der Waals surface area (Å²) in [6.45, 7) is 8.80. The lowest BCUT2D eigenvalue weighted by molar-refractivity contribution is 0.0582. The number of hydrogen-bond acceptors (Lipinski definition) is 5. The Kier molecular flexibility index (Phi) is 6.23. The van der Waals surface area contributed by atoms with E-state index >= 15 is 0 Å². The van der Waals surface area contributed by atoms with Crippen molar-refractivity contribution in [2.45, 2.75) is 32.3 Å². The zero-order valence-corrected chi connectivity index (χ0v) is 19.8. The highest BCUT2D eigenvalue weighted by molar-refractivity contribution is 6.19. The lowest BCUT2D eigenvalue weighted by atomic mass is 9.95. The molecule has 2 aliphatic rings. The number of nitrogens with zero attached hydrogens (tertiary/aromatic N) is 3. The Bertz CT molecular complexity index is 1030. The third-order valence-electron chi connectivity index (χ3n) is 5.89. The van der Waals surface area contributed by atoms with E-state index < -0.39 is 11.7 Å². The Morgan fingerprint density at radius 2 is 1.72 bits per heavy atom. The largest absolute Gasteiger partial charge is 0.443 e. The molecule has 2 aliphatic heterocycles. The van der Waals surface area contributed by atoms with Gasteiger partial charge in [0.15, 0.2) is 0 Å². The maximum absolute atomic E-state index is 13.0. The minimum atomic E-state index is -0.621. The normalized spacial score (nSPS) is 19.2. The van der Waals surface area contributed by atoms with Crippen molar-refractivity contribution in [1.82, 2.24) is 9.80 Å². The number of halogens is 1.